The van der Waals surface area contributed by atoms with Crippen LogP contribution in [-0.2, 0) is 9.59 Å². The van der Waals surface area contributed by atoms with Gasteiger partial charge in [-0.25, -0.2) is 9.82 Å². The van der Waals surface area contributed by atoms with Gasteiger partial charge in [-0.2, -0.15) is 5.10 Å². The standard InChI is InChI=1S/C21H16FN3O3/c22-19-9-5-4-6-15(19)14-23-25-21(27)20(26)24-16-10-12-18(13-11-16)28-17-7-2-1-3-8-17/h1-14H,(H,24,26)(H,25,27)/b23-14+. The van der Waals surface area contributed by atoms with Gasteiger partial charge in [0.25, 0.3) is 0 Å². The third kappa shape index (κ3) is 5.25. The molecule has 0 atom stereocenters. The van der Waals surface area contributed by atoms with E-state index in [1.807, 2.05) is 35.8 Å². The summed E-state index contributed by atoms with van der Waals surface area (Å²) < 4.78 is 19.1. The van der Waals surface area contributed by atoms with Crippen molar-refractivity contribution >= 4 is 23.7 Å². The Hall–Kier alpha value is -4.00. The summed E-state index contributed by atoms with van der Waals surface area (Å²) >= 11 is 0. The van der Waals surface area contributed by atoms with Crippen LogP contribution >= 0.6 is 0 Å². The summed E-state index contributed by atoms with van der Waals surface area (Å²) in [6.45, 7) is 0. The number of hydrogen-bond acceptors (Lipinski definition) is 4. The van der Waals surface area contributed by atoms with E-state index in [9.17, 15) is 14.0 Å². The van der Waals surface area contributed by atoms with Gasteiger partial charge in [-0.3, -0.25) is 9.59 Å². The first-order valence-corrected chi connectivity index (χ1v) is 8.34. The highest BCUT2D eigenvalue weighted by atomic mass is 19.1. The zero-order valence-corrected chi connectivity index (χ0v) is 14.6. The molecule has 3 rings (SSSR count). The number of ether oxygens (including phenoxy) is 1. The summed E-state index contributed by atoms with van der Waals surface area (Å²) in [6.07, 6.45) is 1.12. The Morgan fingerprint density at radius 3 is 2.18 bits per heavy atom. The molecular formula is C21H16FN3O3. The van der Waals surface area contributed by atoms with E-state index in [-0.39, 0.29) is 5.56 Å². The largest absolute Gasteiger partial charge is 0.457 e. The Bertz CT molecular complexity index is 989. The van der Waals surface area contributed by atoms with Crippen molar-refractivity contribution in [3.05, 3.63) is 90.2 Å². The van der Waals surface area contributed by atoms with E-state index in [2.05, 4.69) is 10.4 Å². The number of hydrazone groups is 1. The van der Waals surface area contributed by atoms with Crippen LogP contribution in [0.2, 0.25) is 0 Å². The lowest BCUT2D eigenvalue weighted by Gasteiger charge is -2.07. The van der Waals surface area contributed by atoms with E-state index in [4.69, 9.17) is 4.74 Å². The maximum atomic E-state index is 13.4. The van der Waals surface area contributed by atoms with E-state index >= 15 is 0 Å². The average Bonchev–Trinajstić information content (AvgIpc) is 2.71. The topological polar surface area (TPSA) is 79.8 Å². The molecule has 0 spiro atoms. The van der Waals surface area contributed by atoms with Gasteiger partial charge >= 0.3 is 11.8 Å². The number of carbonyl (C=O) groups excluding carboxylic acids is 2. The van der Waals surface area contributed by atoms with Crippen molar-refractivity contribution in [2.45, 2.75) is 0 Å². The zero-order valence-electron chi connectivity index (χ0n) is 14.6. The summed E-state index contributed by atoms with van der Waals surface area (Å²) in [5.74, 6) is -1.09. The molecule has 2 amide bonds. The Morgan fingerprint density at radius 2 is 1.46 bits per heavy atom. The van der Waals surface area contributed by atoms with E-state index in [0.29, 0.717) is 17.2 Å². The minimum Gasteiger partial charge on any atom is -0.457 e. The Kier molecular flexibility index (Phi) is 6.10. The fourth-order valence-corrected chi connectivity index (χ4v) is 2.21. The Labute approximate surface area is 160 Å². The average molecular weight is 377 g/mol. The summed E-state index contributed by atoms with van der Waals surface area (Å²) in [5.41, 5.74) is 2.66. The first kappa shape index (κ1) is 18.8. The van der Waals surface area contributed by atoms with Gasteiger partial charge < -0.3 is 10.1 Å². The molecule has 0 bridgehead atoms. The molecular weight excluding hydrogens is 361 g/mol. The molecule has 7 heteroatoms. The second kappa shape index (κ2) is 9.09. The lowest BCUT2D eigenvalue weighted by atomic mass is 10.2. The van der Waals surface area contributed by atoms with Crippen LogP contribution in [0.5, 0.6) is 11.5 Å². The SMILES string of the molecule is O=C(N/N=C/c1ccccc1F)C(=O)Nc1ccc(Oc2ccccc2)cc1. The number of amides is 2. The highest BCUT2D eigenvalue weighted by molar-refractivity contribution is 6.39. The number of anilines is 1. The molecule has 6 nitrogen and oxygen atoms in total. The zero-order chi connectivity index (χ0) is 19.8. The molecule has 0 aliphatic heterocycles. The van der Waals surface area contributed by atoms with Gasteiger partial charge in [-0.1, -0.05) is 36.4 Å². The molecule has 0 aliphatic rings. The molecule has 0 aliphatic carbocycles. The molecule has 0 saturated carbocycles. The van der Waals surface area contributed by atoms with Crippen LogP contribution in [-0.4, -0.2) is 18.0 Å². The van der Waals surface area contributed by atoms with Crippen LogP contribution in [0.3, 0.4) is 0 Å². The van der Waals surface area contributed by atoms with E-state index in [1.165, 1.54) is 18.2 Å². The van der Waals surface area contributed by atoms with Crippen molar-refractivity contribution in [3.8, 4) is 11.5 Å². The summed E-state index contributed by atoms with van der Waals surface area (Å²) in [4.78, 5) is 23.7. The van der Waals surface area contributed by atoms with Crippen molar-refractivity contribution in [1.82, 2.24) is 5.43 Å². The number of rotatable bonds is 5. The normalized spacial score (nSPS) is 10.5. The van der Waals surface area contributed by atoms with Gasteiger partial charge in [0.1, 0.15) is 17.3 Å². The van der Waals surface area contributed by atoms with Crippen LogP contribution < -0.4 is 15.5 Å². The fraction of sp³-hybridized carbons (Fsp3) is 0. The number of nitrogens with zero attached hydrogens (tertiary/aromatic N) is 1. The molecule has 2 N–H and O–H groups in total. The van der Waals surface area contributed by atoms with Crippen molar-refractivity contribution < 1.29 is 18.7 Å². The van der Waals surface area contributed by atoms with Crippen molar-refractivity contribution in [2.75, 3.05) is 5.32 Å². The predicted octanol–water partition coefficient (Wildman–Crippen LogP) is 3.71. The number of carbonyl (C=O) groups is 2. The number of hydrogen-bond donors (Lipinski definition) is 2. The van der Waals surface area contributed by atoms with Gasteiger partial charge in [-0.15, -0.1) is 0 Å². The van der Waals surface area contributed by atoms with Crippen LogP contribution in [0.25, 0.3) is 0 Å². The highest BCUT2D eigenvalue weighted by Crippen LogP contribution is 2.22. The number of para-hydroxylation sites is 1. The Morgan fingerprint density at radius 1 is 0.821 bits per heavy atom. The summed E-state index contributed by atoms with van der Waals surface area (Å²) in [6, 6.07) is 21.7. The van der Waals surface area contributed by atoms with E-state index in [1.54, 1.807) is 30.3 Å². The molecule has 0 saturated heterocycles. The van der Waals surface area contributed by atoms with Gasteiger partial charge in [-0.05, 0) is 42.5 Å². The maximum absolute atomic E-state index is 13.4. The molecule has 0 fully saturated rings. The van der Waals surface area contributed by atoms with Crippen molar-refractivity contribution in [3.63, 3.8) is 0 Å². The van der Waals surface area contributed by atoms with Crippen molar-refractivity contribution in [2.24, 2.45) is 5.10 Å². The maximum Gasteiger partial charge on any atom is 0.329 e. The lowest BCUT2D eigenvalue weighted by Crippen LogP contribution is -2.32. The second-order valence-electron chi connectivity index (χ2n) is 5.61. The molecule has 3 aromatic carbocycles. The lowest BCUT2D eigenvalue weighted by molar-refractivity contribution is -0.136. The monoisotopic (exact) mass is 377 g/mol. The first-order chi connectivity index (χ1) is 13.6. The quantitative estimate of drug-likeness (QED) is 0.404. The first-order valence-electron chi connectivity index (χ1n) is 8.34. The van der Waals surface area contributed by atoms with Crippen molar-refractivity contribution in [1.29, 1.82) is 0 Å². The summed E-state index contributed by atoms with van der Waals surface area (Å²) in [5, 5.41) is 6.02. The van der Waals surface area contributed by atoms with Crippen LogP contribution in [0, 0.1) is 5.82 Å². The second-order valence-corrected chi connectivity index (χ2v) is 5.61. The molecule has 0 radical (unpaired) electrons. The fourth-order valence-electron chi connectivity index (χ4n) is 2.21. The highest BCUT2D eigenvalue weighted by Gasteiger charge is 2.13. The molecule has 140 valence electrons. The molecule has 0 aromatic heterocycles. The third-order valence-electron chi connectivity index (χ3n) is 3.57. The van der Waals surface area contributed by atoms with Crippen LogP contribution in [0.15, 0.2) is 84.0 Å². The van der Waals surface area contributed by atoms with Gasteiger partial charge in [0, 0.05) is 11.3 Å². The van der Waals surface area contributed by atoms with Gasteiger partial charge in [0.05, 0.1) is 6.21 Å². The smallest absolute Gasteiger partial charge is 0.329 e. The predicted molar refractivity (Wildman–Crippen MR) is 104 cm³/mol. The number of benzene rings is 3. The third-order valence-corrected chi connectivity index (χ3v) is 3.57. The Balaban J connectivity index is 1.52. The number of nitrogens with one attached hydrogen (secondary N) is 2. The minimum absolute atomic E-state index is 0.192. The minimum atomic E-state index is -0.975. The van der Waals surface area contributed by atoms with Gasteiger partial charge in [0.15, 0.2) is 0 Å². The van der Waals surface area contributed by atoms with Crippen LogP contribution in [0.4, 0.5) is 10.1 Å². The van der Waals surface area contributed by atoms with E-state index < -0.39 is 17.6 Å². The molecule has 0 heterocycles. The molecule has 0 unspecified atom stereocenters. The van der Waals surface area contributed by atoms with E-state index in [0.717, 1.165) is 6.21 Å². The van der Waals surface area contributed by atoms with Crippen LogP contribution in [0.1, 0.15) is 5.56 Å². The summed E-state index contributed by atoms with van der Waals surface area (Å²) in [7, 11) is 0. The molecule has 28 heavy (non-hydrogen) atoms. The molecule has 3 aromatic rings. The number of halogens is 1. The van der Waals surface area contributed by atoms with Gasteiger partial charge in [0.2, 0.25) is 0 Å².